The van der Waals surface area contributed by atoms with Crippen LogP contribution in [0.5, 0.6) is 0 Å². The van der Waals surface area contributed by atoms with Gasteiger partial charge in [-0.25, -0.2) is 9.97 Å². The molecule has 0 aliphatic rings. The van der Waals surface area contributed by atoms with Gasteiger partial charge in [0.1, 0.15) is 17.2 Å². The molecule has 0 saturated carbocycles. The first-order valence-corrected chi connectivity index (χ1v) is 5.07. The number of aromatic nitrogens is 4. The molecule has 2 aromatic heterocycles. The van der Waals surface area contributed by atoms with E-state index >= 15 is 0 Å². The maximum absolute atomic E-state index is 5.96. The first-order valence-electron chi connectivity index (χ1n) is 4.69. The van der Waals surface area contributed by atoms with E-state index < -0.39 is 0 Å². The molecule has 0 aliphatic carbocycles. The highest BCUT2D eigenvalue weighted by molar-refractivity contribution is 6.35. The van der Waals surface area contributed by atoms with Gasteiger partial charge in [0.25, 0.3) is 0 Å². The fraction of sp³-hybridized carbons (Fsp3) is 0.222. The molecule has 0 spiro atoms. The summed E-state index contributed by atoms with van der Waals surface area (Å²) in [5.74, 6) is 0.779. The van der Waals surface area contributed by atoms with Crippen molar-refractivity contribution in [2.24, 2.45) is 0 Å². The Balaban J connectivity index is 2.18. The van der Waals surface area contributed by atoms with Crippen molar-refractivity contribution in [2.75, 3.05) is 11.1 Å². The Morgan fingerprint density at radius 3 is 3.00 bits per heavy atom. The SMILES string of the molecule is CC(Nc1ncnc(N)c1Cl)c1cn[nH]c1. The van der Waals surface area contributed by atoms with E-state index in [2.05, 4.69) is 25.5 Å². The van der Waals surface area contributed by atoms with Gasteiger partial charge in [0.05, 0.1) is 12.2 Å². The van der Waals surface area contributed by atoms with Crippen molar-refractivity contribution in [3.8, 4) is 0 Å². The zero-order valence-electron chi connectivity index (χ0n) is 8.61. The number of nitrogen functional groups attached to an aromatic ring is 1. The number of aromatic amines is 1. The molecular weight excluding hydrogens is 228 g/mol. The monoisotopic (exact) mass is 238 g/mol. The lowest BCUT2D eigenvalue weighted by Gasteiger charge is -2.13. The van der Waals surface area contributed by atoms with Gasteiger partial charge in [-0.05, 0) is 6.92 Å². The lowest BCUT2D eigenvalue weighted by Crippen LogP contribution is -2.08. The molecule has 0 amide bonds. The maximum Gasteiger partial charge on any atom is 0.150 e. The number of hydrogen-bond donors (Lipinski definition) is 3. The minimum absolute atomic E-state index is 0.0329. The molecule has 0 aromatic carbocycles. The number of nitrogens with one attached hydrogen (secondary N) is 2. The van der Waals surface area contributed by atoms with E-state index in [0.717, 1.165) is 5.56 Å². The molecule has 7 heteroatoms. The first-order chi connectivity index (χ1) is 7.68. The second kappa shape index (κ2) is 4.36. The molecule has 6 nitrogen and oxygen atoms in total. The standard InChI is InChI=1S/C9H11ClN6/c1-5(6-2-14-15-3-6)16-9-7(10)8(11)12-4-13-9/h2-5H,1H3,(H,14,15)(H3,11,12,13,16). The van der Waals surface area contributed by atoms with Crippen molar-refractivity contribution < 1.29 is 0 Å². The normalized spacial score (nSPS) is 12.4. The van der Waals surface area contributed by atoms with Crippen LogP contribution in [-0.2, 0) is 0 Å². The Kier molecular flexibility index (Phi) is 2.91. The molecule has 0 radical (unpaired) electrons. The number of anilines is 2. The summed E-state index contributed by atoms with van der Waals surface area (Å²) in [6.07, 6.45) is 4.90. The second-order valence-electron chi connectivity index (χ2n) is 3.32. The van der Waals surface area contributed by atoms with E-state index in [9.17, 15) is 0 Å². The van der Waals surface area contributed by atoms with Gasteiger partial charge in [0.15, 0.2) is 5.82 Å². The maximum atomic E-state index is 5.96. The average molecular weight is 239 g/mol. The van der Waals surface area contributed by atoms with E-state index in [-0.39, 0.29) is 11.9 Å². The van der Waals surface area contributed by atoms with E-state index in [0.29, 0.717) is 10.8 Å². The van der Waals surface area contributed by atoms with Crippen LogP contribution in [0.3, 0.4) is 0 Å². The number of halogens is 1. The molecule has 1 atom stereocenters. The molecule has 84 valence electrons. The molecular formula is C9H11ClN6. The Morgan fingerprint density at radius 1 is 1.50 bits per heavy atom. The van der Waals surface area contributed by atoms with Crippen molar-refractivity contribution in [3.63, 3.8) is 0 Å². The Bertz CT molecular complexity index is 469. The van der Waals surface area contributed by atoms with Crippen molar-refractivity contribution in [1.29, 1.82) is 0 Å². The van der Waals surface area contributed by atoms with Crippen LogP contribution >= 0.6 is 11.6 Å². The van der Waals surface area contributed by atoms with Gasteiger partial charge in [0.2, 0.25) is 0 Å². The number of rotatable bonds is 3. The number of hydrogen-bond acceptors (Lipinski definition) is 5. The highest BCUT2D eigenvalue weighted by Crippen LogP contribution is 2.26. The minimum atomic E-state index is 0.0329. The molecule has 1 unspecified atom stereocenters. The fourth-order valence-electron chi connectivity index (χ4n) is 1.27. The van der Waals surface area contributed by atoms with E-state index in [1.54, 1.807) is 12.4 Å². The van der Waals surface area contributed by atoms with E-state index in [4.69, 9.17) is 17.3 Å². The fourth-order valence-corrected chi connectivity index (χ4v) is 1.42. The lowest BCUT2D eigenvalue weighted by atomic mass is 10.2. The third kappa shape index (κ3) is 2.06. The first kappa shape index (κ1) is 10.7. The summed E-state index contributed by atoms with van der Waals surface area (Å²) in [5, 5.41) is 10.1. The van der Waals surface area contributed by atoms with E-state index in [1.165, 1.54) is 6.33 Å². The molecule has 0 bridgehead atoms. The van der Waals surface area contributed by atoms with Gasteiger partial charge in [-0.1, -0.05) is 11.6 Å². The Morgan fingerprint density at radius 2 is 2.31 bits per heavy atom. The predicted octanol–water partition coefficient (Wildman–Crippen LogP) is 1.61. The number of nitrogens with zero attached hydrogens (tertiary/aromatic N) is 3. The average Bonchev–Trinajstić information content (AvgIpc) is 2.78. The summed E-state index contributed by atoms with van der Waals surface area (Å²) in [4.78, 5) is 7.81. The van der Waals surface area contributed by atoms with Crippen molar-refractivity contribution >= 4 is 23.2 Å². The van der Waals surface area contributed by atoms with Crippen molar-refractivity contribution in [1.82, 2.24) is 20.2 Å². The topological polar surface area (TPSA) is 92.5 Å². The zero-order valence-corrected chi connectivity index (χ0v) is 9.36. The third-order valence-corrected chi connectivity index (χ3v) is 2.56. The molecule has 0 saturated heterocycles. The largest absolute Gasteiger partial charge is 0.382 e. The van der Waals surface area contributed by atoms with E-state index in [1.807, 2.05) is 6.92 Å². The van der Waals surface area contributed by atoms with Gasteiger partial charge >= 0.3 is 0 Å². The smallest absolute Gasteiger partial charge is 0.150 e. The van der Waals surface area contributed by atoms with Crippen molar-refractivity contribution in [2.45, 2.75) is 13.0 Å². The summed E-state index contributed by atoms with van der Waals surface area (Å²) < 4.78 is 0. The van der Waals surface area contributed by atoms with Crippen LogP contribution in [-0.4, -0.2) is 20.2 Å². The van der Waals surface area contributed by atoms with Crippen LogP contribution in [0, 0.1) is 0 Å². The van der Waals surface area contributed by atoms with Crippen LogP contribution in [0.25, 0.3) is 0 Å². The summed E-state index contributed by atoms with van der Waals surface area (Å²) in [7, 11) is 0. The van der Waals surface area contributed by atoms with Gasteiger partial charge in [-0.15, -0.1) is 0 Å². The molecule has 2 aromatic rings. The predicted molar refractivity (Wildman–Crippen MR) is 62.1 cm³/mol. The highest BCUT2D eigenvalue weighted by atomic mass is 35.5. The molecule has 0 fully saturated rings. The van der Waals surface area contributed by atoms with Crippen LogP contribution in [0.4, 0.5) is 11.6 Å². The lowest BCUT2D eigenvalue weighted by molar-refractivity contribution is 0.873. The minimum Gasteiger partial charge on any atom is -0.382 e. The number of nitrogens with two attached hydrogens (primary N) is 1. The third-order valence-electron chi connectivity index (χ3n) is 2.19. The van der Waals surface area contributed by atoms with Gasteiger partial charge in [-0.2, -0.15) is 5.10 Å². The molecule has 4 N–H and O–H groups in total. The molecule has 2 rings (SSSR count). The Labute approximate surface area is 97.2 Å². The summed E-state index contributed by atoms with van der Waals surface area (Å²) in [6, 6.07) is 0.0329. The van der Waals surface area contributed by atoms with Crippen LogP contribution in [0.15, 0.2) is 18.7 Å². The Hall–Kier alpha value is -1.82. The second-order valence-corrected chi connectivity index (χ2v) is 3.70. The molecule has 0 aliphatic heterocycles. The summed E-state index contributed by atoms with van der Waals surface area (Å²) in [6.45, 7) is 1.97. The highest BCUT2D eigenvalue weighted by Gasteiger charge is 2.11. The summed E-state index contributed by atoms with van der Waals surface area (Å²) in [5.41, 5.74) is 6.58. The van der Waals surface area contributed by atoms with Gasteiger partial charge in [0, 0.05) is 11.8 Å². The summed E-state index contributed by atoms with van der Waals surface area (Å²) >= 11 is 5.96. The van der Waals surface area contributed by atoms with Crippen LogP contribution < -0.4 is 11.1 Å². The van der Waals surface area contributed by atoms with Crippen molar-refractivity contribution in [3.05, 3.63) is 29.3 Å². The van der Waals surface area contributed by atoms with Crippen LogP contribution in [0.2, 0.25) is 5.02 Å². The molecule has 16 heavy (non-hydrogen) atoms. The number of H-pyrrole nitrogens is 1. The van der Waals surface area contributed by atoms with Gasteiger partial charge in [-0.3, -0.25) is 5.10 Å². The zero-order chi connectivity index (χ0) is 11.5. The quantitative estimate of drug-likeness (QED) is 0.756. The molecule has 2 heterocycles. The van der Waals surface area contributed by atoms with Crippen LogP contribution in [0.1, 0.15) is 18.5 Å². The van der Waals surface area contributed by atoms with Gasteiger partial charge < -0.3 is 11.1 Å².